The van der Waals surface area contributed by atoms with Gasteiger partial charge in [0.15, 0.2) is 5.16 Å². The first kappa shape index (κ1) is 23.1. The Kier molecular flexibility index (Phi) is 7.14. The number of hydrogen-bond donors (Lipinski definition) is 1. The van der Waals surface area contributed by atoms with E-state index >= 15 is 0 Å². The van der Waals surface area contributed by atoms with Crippen molar-refractivity contribution >= 4 is 35.1 Å². The topological polar surface area (TPSA) is 91.7 Å². The fourth-order valence-corrected chi connectivity index (χ4v) is 5.22. The van der Waals surface area contributed by atoms with Crippen molar-refractivity contribution < 1.29 is 19.0 Å². The minimum absolute atomic E-state index is 0.0731. The van der Waals surface area contributed by atoms with Gasteiger partial charge in [-0.05, 0) is 36.4 Å². The lowest BCUT2D eigenvalue weighted by molar-refractivity contribution is -0.113. The summed E-state index contributed by atoms with van der Waals surface area (Å²) in [5.74, 6) is 2.47. The summed E-state index contributed by atoms with van der Waals surface area (Å²) < 4.78 is 17.3. The summed E-state index contributed by atoms with van der Waals surface area (Å²) in [4.78, 5) is 31.3. The molecule has 8 nitrogen and oxygen atoms in total. The monoisotopic (exact) mass is 485 g/mol. The molecule has 4 rings (SSSR count). The van der Waals surface area contributed by atoms with Gasteiger partial charge in [-0.15, -0.1) is 11.8 Å². The van der Waals surface area contributed by atoms with Crippen molar-refractivity contribution in [3.63, 3.8) is 0 Å². The van der Waals surface area contributed by atoms with Crippen molar-refractivity contribution in [3.8, 4) is 22.9 Å². The minimum Gasteiger partial charge on any atom is -0.497 e. The summed E-state index contributed by atoms with van der Waals surface area (Å²) in [7, 11) is 4.68. The molecule has 0 saturated heterocycles. The fraction of sp³-hybridized carbons (Fsp3) is 0.261. The van der Waals surface area contributed by atoms with Gasteiger partial charge in [-0.3, -0.25) is 14.2 Å². The average molecular weight is 486 g/mol. The van der Waals surface area contributed by atoms with Gasteiger partial charge < -0.3 is 19.5 Å². The number of aromatic nitrogens is 2. The fourth-order valence-electron chi connectivity index (χ4n) is 3.37. The Morgan fingerprint density at radius 3 is 2.52 bits per heavy atom. The number of nitrogens with one attached hydrogen (secondary N) is 1. The molecule has 0 aliphatic carbocycles. The smallest absolute Gasteiger partial charge is 0.272 e. The van der Waals surface area contributed by atoms with Gasteiger partial charge in [0, 0.05) is 18.2 Å². The van der Waals surface area contributed by atoms with Gasteiger partial charge in [-0.25, -0.2) is 4.98 Å². The summed E-state index contributed by atoms with van der Waals surface area (Å²) in [6.45, 7) is 0. The maximum absolute atomic E-state index is 13.2. The number of benzene rings is 2. The minimum atomic E-state index is -0.242. The standard InChI is InChI=1S/C23H23N3O5S2/c1-29-15-6-4-14(5-7-15)26-22(28)21-18(10-11-32-21)25-23(26)33-13-20(27)24-17-9-8-16(30-2)12-19(17)31-3/h4-9,12H,10-11,13H2,1-3H3,(H,24,27). The van der Waals surface area contributed by atoms with Gasteiger partial charge in [0.1, 0.15) is 17.2 Å². The quantitative estimate of drug-likeness (QED) is 0.382. The van der Waals surface area contributed by atoms with E-state index in [2.05, 4.69) is 5.32 Å². The third-order valence-corrected chi connectivity index (χ3v) is 7.06. The zero-order valence-electron chi connectivity index (χ0n) is 18.4. The van der Waals surface area contributed by atoms with Gasteiger partial charge >= 0.3 is 0 Å². The second-order valence-electron chi connectivity index (χ2n) is 7.01. The Morgan fingerprint density at radius 1 is 1.09 bits per heavy atom. The van der Waals surface area contributed by atoms with Crippen LogP contribution in [-0.4, -0.2) is 48.3 Å². The van der Waals surface area contributed by atoms with Crippen LogP contribution in [0.4, 0.5) is 5.69 Å². The number of rotatable bonds is 8. The molecule has 172 valence electrons. The third-order valence-electron chi connectivity index (χ3n) is 5.01. The van der Waals surface area contributed by atoms with E-state index in [4.69, 9.17) is 19.2 Å². The predicted octanol–water partition coefficient (Wildman–Crippen LogP) is 3.64. The molecule has 0 bridgehead atoms. The third kappa shape index (κ3) is 4.96. The highest BCUT2D eigenvalue weighted by atomic mass is 32.2. The number of ether oxygens (including phenoxy) is 3. The van der Waals surface area contributed by atoms with Gasteiger partial charge in [0.25, 0.3) is 5.56 Å². The zero-order valence-corrected chi connectivity index (χ0v) is 20.0. The maximum atomic E-state index is 13.2. The van der Waals surface area contributed by atoms with Crippen LogP contribution < -0.4 is 25.1 Å². The second kappa shape index (κ2) is 10.2. The lowest BCUT2D eigenvalue weighted by atomic mass is 10.2. The van der Waals surface area contributed by atoms with Crippen LogP contribution in [0.3, 0.4) is 0 Å². The molecule has 0 spiro atoms. The highest BCUT2D eigenvalue weighted by molar-refractivity contribution is 8.00. The largest absolute Gasteiger partial charge is 0.497 e. The molecule has 0 unspecified atom stereocenters. The number of nitrogens with zero attached hydrogens (tertiary/aromatic N) is 2. The number of thioether (sulfide) groups is 2. The van der Waals surface area contributed by atoms with Gasteiger partial charge in [-0.2, -0.15) is 0 Å². The number of carbonyl (C=O) groups is 1. The predicted molar refractivity (Wildman–Crippen MR) is 130 cm³/mol. The molecule has 0 saturated carbocycles. The molecule has 2 heterocycles. The van der Waals surface area contributed by atoms with Gasteiger partial charge in [0.2, 0.25) is 5.91 Å². The van der Waals surface area contributed by atoms with Crippen LogP contribution in [0.25, 0.3) is 5.69 Å². The van der Waals surface area contributed by atoms with E-state index in [0.29, 0.717) is 38.7 Å². The van der Waals surface area contributed by atoms with Gasteiger partial charge in [0.05, 0.1) is 49.0 Å². The summed E-state index contributed by atoms with van der Waals surface area (Å²) in [6.07, 6.45) is 0.738. The Morgan fingerprint density at radius 2 is 1.82 bits per heavy atom. The molecule has 1 aromatic heterocycles. The first-order valence-electron chi connectivity index (χ1n) is 10.1. The Bertz CT molecular complexity index is 1230. The summed E-state index contributed by atoms with van der Waals surface area (Å²) in [6, 6.07) is 12.4. The highest BCUT2D eigenvalue weighted by Gasteiger charge is 2.23. The maximum Gasteiger partial charge on any atom is 0.272 e. The van der Waals surface area contributed by atoms with E-state index in [-0.39, 0.29) is 17.2 Å². The van der Waals surface area contributed by atoms with E-state index in [0.717, 1.165) is 17.9 Å². The van der Waals surface area contributed by atoms with Gasteiger partial charge in [-0.1, -0.05) is 11.8 Å². The molecule has 1 aliphatic rings. The average Bonchev–Trinajstić information content (AvgIpc) is 3.32. The molecule has 1 amide bonds. The normalized spacial score (nSPS) is 12.2. The summed E-state index contributed by atoms with van der Waals surface area (Å²) >= 11 is 2.73. The Balaban J connectivity index is 1.58. The van der Waals surface area contributed by atoms with Crippen molar-refractivity contribution in [1.29, 1.82) is 0 Å². The molecule has 0 radical (unpaired) electrons. The molecule has 33 heavy (non-hydrogen) atoms. The van der Waals surface area contributed by atoms with E-state index < -0.39 is 0 Å². The summed E-state index contributed by atoms with van der Waals surface area (Å²) in [5.41, 5.74) is 1.87. The lowest BCUT2D eigenvalue weighted by Gasteiger charge is -2.15. The molecule has 0 atom stereocenters. The van der Waals surface area contributed by atoms with Crippen molar-refractivity contribution in [2.75, 3.05) is 38.2 Å². The zero-order chi connectivity index (χ0) is 23.4. The van der Waals surface area contributed by atoms with Crippen molar-refractivity contribution in [2.45, 2.75) is 16.5 Å². The van der Waals surface area contributed by atoms with Crippen LogP contribution >= 0.6 is 23.5 Å². The highest BCUT2D eigenvalue weighted by Crippen LogP contribution is 2.31. The van der Waals surface area contributed by atoms with Crippen molar-refractivity contribution in [3.05, 3.63) is 58.5 Å². The first-order chi connectivity index (χ1) is 16.0. The van der Waals surface area contributed by atoms with Crippen LogP contribution in [-0.2, 0) is 11.2 Å². The Labute approximate surface area is 199 Å². The van der Waals surface area contributed by atoms with Crippen LogP contribution in [0.5, 0.6) is 17.2 Å². The number of methoxy groups -OCH3 is 3. The van der Waals surface area contributed by atoms with E-state index in [1.54, 1.807) is 61.3 Å². The van der Waals surface area contributed by atoms with Crippen LogP contribution in [0, 0.1) is 0 Å². The number of fused-ring (bicyclic) bond motifs is 1. The number of aryl methyl sites for hydroxylation is 1. The van der Waals surface area contributed by atoms with E-state index in [9.17, 15) is 9.59 Å². The number of anilines is 1. The molecule has 10 heteroatoms. The molecular formula is C23H23N3O5S2. The Hall–Kier alpha value is -3.11. The van der Waals surface area contributed by atoms with Crippen LogP contribution in [0.2, 0.25) is 0 Å². The second-order valence-corrected chi connectivity index (χ2v) is 9.06. The molecule has 0 fully saturated rings. The molecule has 2 aromatic carbocycles. The molecule has 3 aromatic rings. The number of hydrogen-bond acceptors (Lipinski definition) is 8. The SMILES string of the molecule is COc1ccc(-n2c(SCC(=O)Nc3ccc(OC)cc3OC)nc3c(c2=O)SCC3)cc1. The van der Waals surface area contributed by atoms with Crippen molar-refractivity contribution in [2.24, 2.45) is 0 Å². The van der Waals surface area contributed by atoms with Crippen LogP contribution in [0.15, 0.2) is 57.3 Å². The molecular weight excluding hydrogens is 462 g/mol. The lowest BCUT2D eigenvalue weighted by Crippen LogP contribution is -2.24. The number of amides is 1. The first-order valence-corrected chi connectivity index (χ1v) is 12.1. The van der Waals surface area contributed by atoms with E-state index in [1.807, 2.05) is 0 Å². The number of carbonyl (C=O) groups excluding carboxylic acids is 1. The van der Waals surface area contributed by atoms with Crippen molar-refractivity contribution in [1.82, 2.24) is 9.55 Å². The molecule has 1 N–H and O–H groups in total. The van der Waals surface area contributed by atoms with E-state index in [1.165, 1.54) is 30.6 Å². The molecule has 1 aliphatic heterocycles. The van der Waals surface area contributed by atoms with Crippen LogP contribution in [0.1, 0.15) is 5.69 Å². The summed E-state index contributed by atoms with van der Waals surface area (Å²) in [5, 5.41) is 3.32.